The van der Waals surface area contributed by atoms with Crippen LogP contribution in [0, 0.1) is 0 Å². The van der Waals surface area contributed by atoms with Gasteiger partial charge in [-0.25, -0.2) is 0 Å². The Balaban J connectivity index is 1.39. The van der Waals surface area contributed by atoms with E-state index in [1.165, 1.54) is 17.3 Å². The van der Waals surface area contributed by atoms with Crippen molar-refractivity contribution >= 4 is 35.1 Å². The summed E-state index contributed by atoms with van der Waals surface area (Å²) in [6.45, 7) is 0.728. The van der Waals surface area contributed by atoms with Gasteiger partial charge in [-0.2, -0.15) is 0 Å². The second kappa shape index (κ2) is 9.63. The van der Waals surface area contributed by atoms with Gasteiger partial charge in [0.1, 0.15) is 5.82 Å². The third-order valence-electron chi connectivity index (χ3n) is 5.27. The van der Waals surface area contributed by atoms with Crippen LogP contribution in [-0.2, 0) is 11.2 Å². The standard InChI is InChI=1S/C25H22N4OS2/c30-24(28-15-16-31-22-14-8-7-13-21(22)28)18-32-25-27-26-23(17-19-9-3-1-4-10-19)29(25)20-11-5-2-6-12-20/h1-14H,15-18H2. The Bertz CT molecular complexity index is 1210. The first-order chi connectivity index (χ1) is 15.8. The molecule has 0 saturated heterocycles. The summed E-state index contributed by atoms with van der Waals surface area (Å²) in [6, 6.07) is 28.4. The summed E-state index contributed by atoms with van der Waals surface area (Å²) in [5, 5.41) is 9.66. The van der Waals surface area contributed by atoms with Crippen LogP contribution >= 0.6 is 23.5 Å². The van der Waals surface area contributed by atoms with Crippen molar-refractivity contribution in [2.24, 2.45) is 0 Å². The smallest absolute Gasteiger partial charge is 0.237 e. The number of aromatic nitrogens is 3. The number of hydrogen-bond acceptors (Lipinski definition) is 5. The van der Waals surface area contributed by atoms with Crippen molar-refractivity contribution in [2.45, 2.75) is 16.5 Å². The molecule has 2 heterocycles. The van der Waals surface area contributed by atoms with Gasteiger partial charge in [-0.05, 0) is 29.8 Å². The molecule has 4 aromatic rings. The zero-order chi connectivity index (χ0) is 21.8. The van der Waals surface area contributed by atoms with Crippen LogP contribution in [-0.4, -0.2) is 38.7 Å². The fourth-order valence-electron chi connectivity index (χ4n) is 3.76. The average molecular weight is 459 g/mol. The van der Waals surface area contributed by atoms with E-state index in [4.69, 9.17) is 0 Å². The van der Waals surface area contributed by atoms with E-state index in [1.54, 1.807) is 11.8 Å². The summed E-state index contributed by atoms with van der Waals surface area (Å²) >= 11 is 3.24. The van der Waals surface area contributed by atoms with Gasteiger partial charge in [-0.1, -0.05) is 72.4 Å². The predicted molar refractivity (Wildman–Crippen MR) is 131 cm³/mol. The first kappa shape index (κ1) is 20.8. The quantitative estimate of drug-likeness (QED) is 0.377. The van der Waals surface area contributed by atoms with Crippen LogP contribution in [0.4, 0.5) is 5.69 Å². The maximum atomic E-state index is 13.1. The van der Waals surface area contributed by atoms with Crippen LogP contribution in [0.5, 0.6) is 0 Å². The number of carbonyl (C=O) groups is 1. The number of amides is 1. The van der Waals surface area contributed by atoms with E-state index in [9.17, 15) is 4.79 Å². The molecular weight excluding hydrogens is 436 g/mol. The maximum absolute atomic E-state index is 13.1. The second-order valence-electron chi connectivity index (χ2n) is 7.38. The molecule has 0 atom stereocenters. The van der Waals surface area contributed by atoms with Crippen LogP contribution in [0.2, 0.25) is 0 Å². The Hall–Kier alpha value is -3.03. The van der Waals surface area contributed by atoms with E-state index >= 15 is 0 Å². The normalized spacial score (nSPS) is 13.1. The van der Waals surface area contributed by atoms with E-state index in [2.05, 4.69) is 33.0 Å². The van der Waals surface area contributed by atoms with Crippen LogP contribution < -0.4 is 4.90 Å². The minimum absolute atomic E-state index is 0.0926. The van der Waals surface area contributed by atoms with Gasteiger partial charge in [0, 0.05) is 29.3 Å². The van der Waals surface area contributed by atoms with Gasteiger partial charge < -0.3 is 4.90 Å². The molecule has 3 aromatic carbocycles. The third-order valence-corrected chi connectivity index (χ3v) is 7.23. The average Bonchev–Trinajstić information content (AvgIpc) is 3.25. The number of hydrogen-bond donors (Lipinski definition) is 0. The zero-order valence-corrected chi connectivity index (χ0v) is 19.1. The van der Waals surface area contributed by atoms with Crippen molar-refractivity contribution in [3.05, 3.63) is 96.3 Å². The van der Waals surface area contributed by atoms with E-state index in [0.29, 0.717) is 12.2 Å². The van der Waals surface area contributed by atoms with Crippen molar-refractivity contribution in [1.82, 2.24) is 14.8 Å². The molecule has 5 nitrogen and oxygen atoms in total. The van der Waals surface area contributed by atoms with Crippen molar-refractivity contribution in [3.63, 3.8) is 0 Å². The molecule has 1 amide bonds. The zero-order valence-electron chi connectivity index (χ0n) is 17.4. The van der Waals surface area contributed by atoms with Gasteiger partial charge in [-0.3, -0.25) is 9.36 Å². The minimum atomic E-state index is 0.0926. The molecule has 0 unspecified atom stereocenters. The van der Waals surface area contributed by atoms with Crippen molar-refractivity contribution < 1.29 is 4.79 Å². The van der Waals surface area contributed by atoms with Crippen LogP contribution in [0.15, 0.2) is 95.0 Å². The lowest BCUT2D eigenvalue weighted by atomic mass is 10.1. The summed E-state index contributed by atoms with van der Waals surface area (Å²) in [5.41, 5.74) is 3.17. The van der Waals surface area contributed by atoms with Gasteiger partial charge in [0.25, 0.3) is 0 Å². The molecule has 0 N–H and O–H groups in total. The number of thioether (sulfide) groups is 2. The molecule has 0 bridgehead atoms. The molecule has 7 heteroatoms. The molecule has 5 rings (SSSR count). The Morgan fingerprint density at radius 2 is 1.62 bits per heavy atom. The van der Waals surface area contributed by atoms with Gasteiger partial charge in [-0.15, -0.1) is 22.0 Å². The lowest BCUT2D eigenvalue weighted by molar-refractivity contribution is -0.116. The van der Waals surface area contributed by atoms with Crippen molar-refractivity contribution in [1.29, 1.82) is 0 Å². The fourth-order valence-corrected chi connectivity index (χ4v) is 5.60. The lowest BCUT2D eigenvalue weighted by Gasteiger charge is -2.28. The highest BCUT2D eigenvalue weighted by atomic mass is 32.2. The van der Waals surface area contributed by atoms with E-state index < -0.39 is 0 Å². The van der Waals surface area contributed by atoms with Gasteiger partial charge in [0.2, 0.25) is 5.91 Å². The first-order valence-corrected chi connectivity index (χ1v) is 12.5. The number of fused-ring (bicyclic) bond motifs is 1. The topological polar surface area (TPSA) is 51.0 Å². The van der Waals surface area contributed by atoms with Gasteiger partial charge in [0.15, 0.2) is 5.16 Å². The number of rotatable bonds is 6. The fraction of sp³-hybridized carbons (Fsp3) is 0.160. The van der Waals surface area contributed by atoms with Crippen LogP contribution in [0.3, 0.4) is 0 Å². The van der Waals surface area contributed by atoms with E-state index in [1.807, 2.05) is 71.6 Å². The number of para-hydroxylation sites is 2. The van der Waals surface area contributed by atoms with E-state index in [0.717, 1.165) is 39.5 Å². The first-order valence-electron chi connectivity index (χ1n) is 10.5. The monoisotopic (exact) mass is 458 g/mol. The summed E-state index contributed by atoms with van der Waals surface area (Å²) in [4.78, 5) is 16.2. The SMILES string of the molecule is O=C(CSc1nnc(Cc2ccccc2)n1-c1ccccc1)N1CCSc2ccccc21. The molecule has 32 heavy (non-hydrogen) atoms. The number of anilines is 1. The highest BCUT2D eigenvalue weighted by Crippen LogP contribution is 2.35. The van der Waals surface area contributed by atoms with Gasteiger partial charge >= 0.3 is 0 Å². The summed E-state index contributed by atoms with van der Waals surface area (Å²) < 4.78 is 2.06. The molecule has 0 radical (unpaired) electrons. The maximum Gasteiger partial charge on any atom is 0.237 e. The molecule has 160 valence electrons. The highest BCUT2D eigenvalue weighted by molar-refractivity contribution is 8.00. The Morgan fingerprint density at radius 3 is 2.44 bits per heavy atom. The molecule has 0 fully saturated rings. The molecule has 1 aromatic heterocycles. The third kappa shape index (κ3) is 4.45. The molecular formula is C25H22N4OS2. The van der Waals surface area contributed by atoms with Crippen LogP contribution in [0.25, 0.3) is 5.69 Å². The minimum Gasteiger partial charge on any atom is -0.310 e. The Labute approximate surface area is 195 Å². The lowest BCUT2D eigenvalue weighted by Crippen LogP contribution is -2.36. The largest absolute Gasteiger partial charge is 0.310 e. The van der Waals surface area contributed by atoms with E-state index in [-0.39, 0.29) is 5.91 Å². The summed E-state index contributed by atoms with van der Waals surface area (Å²) in [5.74, 6) is 2.18. The number of nitrogens with zero attached hydrogens (tertiary/aromatic N) is 4. The second-order valence-corrected chi connectivity index (χ2v) is 9.46. The molecule has 1 aliphatic heterocycles. The van der Waals surface area contributed by atoms with Crippen molar-refractivity contribution in [3.8, 4) is 5.69 Å². The number of carbonyl (C=O) groups excluding carboxylic acids is 1. The predicted octanol–water partition coefficient (Wildman–Crippen LogP) is 5.09. The summed E-state index contributed by atoms with van der Waals surface area (Å²) in [7, 11) is 0. The molecule has 0 spiro atoms. The molecule has 1 aliphatic rings. The van der Waals surface area contributed by atoms with Gasteiger partial charge in [0.05, 0.1) is 11.4 Å². The Morgan fingerprint density at radius 1 is 0.906 bits per heavy atom. The van der Waals surface area contributed by atoms with Crippen molar-refractivity contribution in [2.75, 3.05) is 23.0 Å². The molecule has 0 saturated carbocycles. The summed E-state index contributed by atoms with van der Waals surface area (Å²) in [6.07, 6.45) is 0.675. The number of benzene rings is 3. The van der Waals surface area contributed by atoms with Crippen LogP contribution in [0.1, 0.15) is 11.4 Å². The Kier molecular flexibility index (Phi) is 6.27. The molecule has 0 aliphatic carbocycles. The highest BCUT2D eigenvalue weighted by Gasteiger charge is 2.24.